The number of benzene rings is 1. The molecule has 1 atom stereocenters. The minimum absolute atomic E-state index is 0.0102. The number of aliphatic hydroxyl groups excluding tert-OH is 1. The number of pyridine rings is 1. The summed E-state index contributed by atoms with van der Waals surface area (Å²) in [4.78, 5) is 4.32. The zero-order chi connectivity index (χ0) is 17.9. The van der Waals surface area contributed by atoms with Crippen molar-refractivity contribution in [3.05, 3.63) is 40.6 Å². The molecule has 0 saturated heterocycles. The molecular weight excluding hydrogens is 304 g/mol. The Morgan fingerprint density at radius 2 is 1.75 bits per heavy atom. The first-order valence-electron chi connectivity index (χ1n) is 8.19. The van der Waals surface area contributed by atoms with E-state index in [4.69, 9.17) is 4.74 Å². The van der Waals surface area contributed by atoms with Crippen LogP contribution >= 0.6 is 0 Å². The highest BCUT2D eigenvalue weighted by Gasteiger charge is 2.17. The average molecular weight is 330 g/mol. The van der Waals surface area contributed by atoms with Crippen LogP contribution in [-0.2, 0) is 0 Å². The van der Waals surface area contributed by atoms with Crippen molar-refractivity contribution in [2.75, 3.05) is 11.9 Å². The van der Waals surface area contributed by atoms with Gasteiger partial charge < -0.3 is 20.3 Å². The Morgan fingerprint density at radius 1 is 1.12 bits per heavy atom. The van der Waals surface area contributed by atoms with Crippen molar-refractivity contribution in [3.8, 4) is 17.4 Å². The van der Waals surface area contributed by atoms with E-state index in [-0.39, 0.29) is 24.3 Å². The molecule has 2 rings (SSSR count). The second-order valence-electron chi connectivity index (χ2n) is 6.23. The van der Waals surface area contributed by atoms with E-state index in [1.807, 2.05) is 46.8 Å². The Morgan fingerprint density at radius 3 is 2.29 bits per heavy atom. The third-order valence-corrected chi connectivity index (χ3v) is 3.97. The number of aryl methyl sites for hydroxylation is 4. The normalized spacial score (nSPS) is 12.1. The number of hydrogen-bond acceptors (Lipinski definition) is 5. The van der Waals surface area contributed by atoms with E-state index in [1.54, 1.807) is 6.07 Å². The maximum Gasteiger partial charge on any atom is 0.264 e. The first-order chi connectivity index (χ1) is 11.3. The van der Waals surface area contributed by atoms with Crippen LogP contribution in [0.4, 0.5) is 5.69 Å². The Kier molecular flexibility index (Phi) is 5.67. The second-order valence-corrected chi connectivity index (χ2v) is 6.23. The number of aromatic hydroxyl groups is 1. The van der Waals surface area contributed by atoms with Crippen LogP contribution in [0.3, 0.4) is 0 Å². The number of nitrogens with zero attached hydrogens (tertiary/aromatic N) is 1. The molecule has 0 aliphatic rings. The number of aliphatic hydroxyl groups is 1. The smallest absolute Gasteiger partial charge is 0.264 e. The van der Waals surface area contributed by atoms with Gasteiger partial charge in [-0.3, -0.25) is 0 Å². The number of rotatable bonds is 6. The van der Waals surface area contributed by atoms with Gasteiger partial charge in [0.1, 0.15) is 5.75 Å². The van der Waals surface area contributed by atoms with Gasteiger partial charge in [0.25, 0.3) is 5.88 Å². The highest BCUT2D eigenvalue weighted by atomic mass is 16.5. The van der Waals surface area contributed by atoms with Crippen LogP contribution in [0.2, 0.25) is 0 Å². The van der Waals surface area contributed by atoms with E-state index in [9.17, 15) is 10.2 Å². The summed E-state index contributed by atoms with van der Waals surface area (Å²) in [7, 11) is 0. The van der Waals surface area contributed by atoms with Gasteiger partial charge in [-0.15, -0.1) is 0 Å². The zero-order valence-electron chi connectivity index (χ0n) is 15.0. The molecule has 1 aromatic heterocycles. The molecule has 5 nitrogen and oxygen atoms in total. The zero-order valence-corrected chi connectivity index (χ0v) is 15.0. The third-order valence-electron chi connectivity index (χ3n) is 3.97. The molecule has 1 unspecified atom stereocenters. The second kappa shape index (κ2) is 7.53. The SMILES string of the molecule is CCC(CO)Nc1cc(C)nc(Oc2c(C)cc(C)cc2C)c1O. The molecule has 130 valence electrons. The minimum atomic E-state index is -0.131. The summed E-state index contributed by atoms with van der Waals surface area (Å²) in [6.45, 7) is 9.78. The fourth-order valence-electron chi connectivity index (χ4n) is 2.74. The van der Waals surface area contributed by atoms with Crippen LogP contribution in [0.25, 0.3) is 0 Å². The van der Waals surface area contributed by atoms with Crippen molar-refractivity contribution in [2.24, 2.45) is 0 Å². The van der Waals surface area contributed by atoms with Crippen LogP contribution in [0.15, 0.2) is 18.2 Å². The molecule has 5 heteroatoms. The highest BCUT2D eigenvalue weighted by molar-refractivity contribution is 5.62. The van der Waals surface area contributed by atoms with Crippen molar-refractivity contribution in [1.29, 1.82) is 0 Å². The Balaban J connectivity index is 2.39. The molecule has 0 amide bonds. The van der Waals surface area contributed by atoms with E-state index >= 15 is 0 Å². The Labute approximate surface area is 143 Å². The fraction of sp³-hybridized carbons (Fsp3) is 0.421. The minimum Gasteiger partial charge on any atom is -0.502 e. The van der Waals surface area contributed by atoms with Gasteiger partial charge in [-0.05, 0) is 51.3 Å². The van der Waals surface area contributed by atoms with Crippen LogP contribution in [0, 0.1) is 27.7 Å². The lowest BCUT2D eigenvalue weighted by atomic mass is 10.1. The van der Waals surface area contributed by atoms with Gasteiger partial charge in [0.2, 0.25) is 5.75 Å². The number of ether oxygens (including phenoxy) is 1. The molecule has 1 heterocycles. The molecule has 0 bridgehead atoms. The predicted molar refractivity (Wildman–Crippen MR) is 96.2 cm³/mol. The van der Waals surface area contributed by atoms with Crippen molar-refractivity contribution in [3.63, 3.8) is 0 Å². The van der Waals surface area contributed by atoms with Crippen molar-refractivity contribution in [1.82, 2.24) is 4.98 Å². The Hall–Kier alpha value is -2.27. The van der Waals surface area contributed by atoms with Gasteiger partial charge in [0, 0.05) is 11.7 Å². The highest BCUT2D eigenvalue weighted by Crippen LogP contribution is 2.38. The largest absolute Gasteiger partial charge is 0.502 e. The number of nitrogens with one attached hydrogen (secondary N) is 1. The quantitative estimate of drug-likeness (QED) is 0.746. The van der Waals surface area contributed by atoms with E-state index in [0.29, 0.717) is 11.4 Å². The van der Waals surface area contributed by atoms with Crippen LogP contribution in [-0.4, -0.2) is 27.8 Å². The van der Waals surface area contributed by atoms with Crippen molar-refractivity contribution >= 4 is 5.69 Å². The Bertz CT molecular complexity index is 702. The molecule has 3 N–H and O–H groups in total. The molecule has 0 fully saturated rings. The number of anilines is 1. The first-order valence-corrected chi connectivity index (χ1v) is 8.19. The summed E-state index contributed by atoms with van der Waals surface area (Å²) >= 11 is 0. The van der Waals surface area contributed by atoms with Crippen molar-refractivity contribution < 1.29 is 14.9 Å². The molecule has 0 radical (unpaired) electrons. The molecule has 0 aliphatic carbocycles. The average Bonchev–Trinajstić information content (AvgIpc) is 2.52. The lowest BCUT2D eigenvalue weighted by Crippen LogP contribution is -2.22. The van der Waals surface area contributed by atoms with Gasteiger partial charge >= 0.3 is 0 Å². The standard InChI is InChI=1S/C19H26N2O3/c1-6-15(10-22)21-16-9-14(5)20-19(17(16)23)24-18-12(3)7-11(2)8-13(18)4/h7-9,15,22-23H,6,10H2,1-5H3,(H,20,21). The van der Waals surface area contributed by atoms with Crippen molar-refractivity contribution in [2.45, 2.75) is 47.1 Å². The van der Waals surface area contributed by atoms with Gasteiger partial charge in [0.15, 0.2) is 0 Å². The summed E-state index contributed by atoms with van der Waals surface area (Å²) in [5, 5.41) is 23.0. The van der Waals surface area contributed by atoms with E-state index in [0.717, 1.165) is 28.8 Å². The molecule has 24 heavy (non-hydrogen) atoms. The summed E-state index contributed by atoms with van der Waals surface area (Å²) in [6.07, 6.45) is 0.740. The van der Waals surface area contributed by atoms with Crippen LogP contribution in [0.5, 0.6) is 17.4 Å². The van der Waals surface area contributed by atoms with E-state index in [1.165, 1.54) is 0 Å². The molecule has 2 aromatic rings. The lowest BCUT2D eigenvalue weighted by molar-refractivity contribution is 0.271. The van der Waals surface area contributed by atoms with E-state index in [2.05, 4.69) is 10.3 Å². The molecule has 0 saturated carbocycles. The maximum atomic E-state index is 10.5. The number of hydrogen-bond donors (Lipinski definition) is 3. The summed E-state index contributed by atoms with van der Waals surface area (Å²) in [5.74, 6) is 0.821. The molecule has 0 aliphatic heterocycles. The van der Waals surface area contributed by atoms with Gasteiger partial charge in [-0.25, -0.2) is 4.98 Å². The van der Waals surface area contributed by atoms with Crippen LogP contribution < -0.4 is 10.1 Å². The third kappa shape index (κ3) is 3.97. The van der Waals surface area contributed by atoms with Crippen LogP contribution in [0.1, 0.15) is 35.7 Å². The van der Waals surface area contributed by atoms with Gasteiger partial charge in [0.05, 0.1) is 12.3 Å². The van der Waals surface area contributed by atoms with E-state index < -0.39 is 0 Å². The van der Waals surface area contributed by atoms with Gasteiger partial charge in [-0.1, -0.05) is 24.6 Å². The first kappa shape index (κ1) is 18.1. The predicted octanol–water partition coefficient (Wildman–Crippen LogP) is 4.00. The number of aromatic nitrogens is 1. The molecule has 1 aromatic carbocycles. The lowest BCUT2D eigenvalue weighted by Gasteiger charge is -2.19. The summed E-state index contributed by atoms with van der Waals surface area (Å²) in [5.41, 5.74) is 4.38. The van der Waals surface area contributed by atoms with Gasteiger partial charge in [-0.2, -0.15) is 0 Å². The summed E-state index contributed by atoms with van der Waals surface area (Å²) < 4.78 is 5.93. The monoisotopic (exact) mass is 330 g/mol. The topological polar surface area (TPSA) is 74.6 Å². The molecular formula is C19H26N2O3. The fourth-order valence-corrected chi connectivity index (χ4v) is 2.74. The maximum absolute atomic E-state index is 10.5. The molecule has 0 spiro atoms. The summed E-state index contributed by atoms with van der Waals surface area (Å²) in [6, 6.07) is 5.68.